The number of halogens is 2. The summed E-state index contributed by atoms with van der Waals surface area (Å²) in [4.78, 5) is 5.53. The largest absolute Gasteiger partial charge is 0.398 e. The first-order chi connectivity index (χ1) is 9.97. The SMILES string of the molecule is C/C(=N\OC(C)c1ccc(Cl)cc1)c1cc(Cl)ccc1N. The minimum Gasteiger partial charge on any atom is -0.398 e. The van der Waals surface area contributed by atoms with Gasteiger partial charge in [0.2, 0.25) is 0 Å². The van der Waals surface area contributed by atoms with E-state index in [1.165, 1.54) is 0 Å². The standard InChI is InChI=1S/C16H16Cl2N2O/c1-10(15-9-14(18)7-8-16(15)19)20-21-11(2)12-3-5-13(17)6-4-12/h3-9,11H,19H2,1-2H3/b20-10+. The number of nitrogens with zero attached hydrogens (tertiary/aromatic N) is 1. The number of nitrogens with two attached hydrogens (primary N) is 1. The summed E-state index contributed by atoms with van der Waals surface area (Å²) in [5, 5.41) is 5.44. The van der Waals surface area contributed by atoms with Gasteiger partial charge in [0.25, 0.3) is 0 Å². The van der Waals surface area contributed by atoms with Crippen molar-refractivity contribution in [3.63, 3.8) is 0 Å². The highest BCUT2D eigenvalue weighted by molar-refractivity contribution is 6.31. The second-order valence-corrected chi connectivity index (χ2v) is 5.58. The molecule has 0 saturated heterocycles. The Morgan fingerprint density at radius 2 is 1.71 bits per heavy atom. The van der Waals surface area contributed by atoms with Crippen LogP contribution >= 0.6 is 23.2 Å². The highest BCUT2D eigenvalue weighted by atomic mass is 35.5. The molecule has 0 fully saturated rings. The molecule has 2 aromatic carbocycles. The molecule has 110 valence electrons. The molecule has 2 N–H and O–H groups in total. The first kappa shape index (κ1) is 15.7. The molecular weight excluding hydrogens is 307 g/mol. The second-order valence-electron chi connectivity index (χ2n) is 4.71. The first-order valence-electron chi connectivity index (χ1n) is 6.48. The molecule has 0 radical (unpaired) electrons. The molecule has 0 aliphatic rings. The third-order valence-corrected chi connectivity index (χ3v) is 3.58. The minimum absolute atomic E-state index is 0.183. The lowest BCUT2D eigenvalue weighted by atomic mass is 10.1. The zero-order chi connectivity index (χ0) is 15.4. The van der Waals surface area contributed by atoms with Crippen molar-refractivity contribution in [2.75, 3.05) is 5.73 Å². The van der Waals surface area contributed by atoms with Gasteiger partial charge in [-0.2, -0.15) is 0 Å². The summed E-state index contributed by atoms with van der Waals surface area (Å²) in [6.07, 6.45) is -0.183. The van der Waals surface area contributed by atoms with Gasteiger partial charge in [-0.1, -0.05) is 40.5 Å². The van der Waals surface area contributed by atoms with Crippen molar-refractivity contribution in [3.8, 4) is 0 Å². The normalized spacial score (nSPS) is 13.0. The van der Waals surface area contributed by atoms with Gasteiger partial charge < -0.3 is 10.6 Å². The van der Waals surface area contributed by atoms with Crippen molar-refractivity contribution in [3.05, 3.63) is 63.6 Å². The van der Waals surface area contributed by atoms with Crippen LogP contribution in [0, 0.1) is 0 Å². The fourth-order valence-electron chi connectivity index (χ4n) is 1.84. The van der Waals surface area contributed by atoms with Gasteiger partial charge in [-0.05, 0) is 49.7 Å². The lowest BCUT2D eigenvalue weighted by Gasteiger charge is -2.12. The zero-order valence-electron chi connectivity index (χ0n) is 11.8. The summed E-state index contributed by atoms with van der Waals surface area (Å²) in [6, 6.07) is 12.7. The van der Waals surface area contributed by atoms with Crippen LogP contribution in [0.1, 0.15) is 31.1 Å². The van der Waals surface area contributed by atoms with Gasteiger partial charge in [0.15, 0.2) is 0 Å². The van der Waals surface area contributed by atoms with Crippen LogP contribution in [0.5, 0.6) is 0 Å². The monoisotopic (exact) mass is 322 g/mol. The molecule has 1 atom stereocenters. The van der Waals surface area contributed by atoms with Crippen LogP contribution in [0.4, 0.5) is 5.69 Å². The van der Waals surface area contributed by atoms with Gasteiger partial charge in [-0.25, -0.2) is 0 Å². The summed E-state index contributed by atoms with van der Waals surface area (Å²) >= 11 is 11.8. The predicted molar refractivity (Wildman–Crippen MR) is 89.0 cm³/mol. The number of hydrogen-bond donors (Lipinski definition) is 1. The van der Waals surface area contributed by atoms with E-state index in [0.717, 1.165) is 11.1 Å². The Balaban J connectivity index is 2.12. The van der Waals surface area contributed by atoms with Gasteiger partial charge in [0.05, 0.1) is 5.71 Å². The minimum atomic E-state index is -0.183. The van der Waals surface area contributed by atoms with E-state index in [9.17, 15) is 0 Å². The number of oxime groups is 1. The molecule has 0 aromatic heterocycles. The number of rotatable bonds is 4. The van der Waals surface area contributed by atoms with E-state index in [-0.39, 0.29) is 6.10 Å². The third kappa shape index (κ3) is 4.13. The van der Waals surface area contributed by atoms with Crippen LogP contribution in [0.15, 0.2) is 47.6 Å². The Labute approximate surface area is 134 Å². The fourth-order valence-corrected chi connectivity index (χ4v) is 2.14. The van der Waals surface area contributed by atoms with Gasteiger partial charge in [-0.3, -0.25) is 0 Å². The summed E-state index contributed by atoms with van der Waals surface area (Å²) in [6.45, 7) is 3.75. The number of hydrogen-bond acceptors (Lipinski definition) is 3. The van der Waals surface area contributed by atoms with Crippen molar-refractivity contribution in [2.45, 2.75) is 20.0 Å². The molecule has 0 aliphatic heterocycles. The van der Waals surface area contributed by atoms with Gasteiger partial charge in [-0.15, -0.1) is 0 Å². The molecule has 1 unspecified atom stereocenters. The summed E-state index contributed by atoms with van der Waals surface area (Å²) < 4.78 is 0. The van der Waals surface area contributed by atoms with E-state index in [0.29, 0.717) is 21.4 Å². The van der Waals surface area contributed by atoms with Crippen LogP contribution in [0.2, 0.25) is 10.0 Å². The summed E-state index contributed by atoms with van der Waals surface area (Å²) in [5.74, 6) is 0. The predicted octanol–water partition coefficient (Wildman–Crippen LogP) is 5.08. The van der Waals surface area contributed by atoms with Crippen molar-refractivity contribution in [1.82, 2.24) is 0 Å². The molecule has 3 nitrogen and oxygen atoms in total. The van der Waals surface area contributed by atoms with E-state index in [1.54, 1.807) is 18.2 Å². The quantitative estimate of drug-likeness (QED) is 0.485. The van der Waals surface area contributed by atoms with E-state index >= 15 is 0 Å². The Bertz CT molecular complexity index is 654. The van der Waals surface area contributed by atoms with Crippen LogP contribution in [-0.4, -0.2) is 5.71 Å². The van der Waals surface area contributed by atoms with E-state index in [1.807, 2.05) is 38.1 Å². The summed E-state index contributed by atoms with van der Waals surface area (Å²) in [7, 11) is 0. The molecular formula is C16H16Cl2N2O. The molecule has 0 aliphatic carbocycles. The molecule has 0 spiro atoms. The molecule has 2 aromatic rings. The van der Waals surface area contributed by atoms with Crippen molar-refractivity contribution in [2.24, 2.45) is 5.16 Å². The average Bonchev–Trinajstić information content (AvgIpc) is 2.47. The number of nitrogen functional groups attached to an aromatic ring is 1. The number of anilines is 1. The van der Waals surface area contributed by atoms with Crippen molar-refractivity contribution >= 4 is 34.6 Å². The Morgan fingerprint density at radius 1 is 1.10 bits per heavy atom. The summed E-state index contributed by atoms with van der Waals surface area (Å²) in [5.41, 5.74) is 8.97. The van der Waals surface area contributed by atoms with E-state index in [4.69, 9.17) is 33.8 Å². The number of benzene rings is 2. The smallest absolute Gasteiger partial charge is 0.149 e. The van der Waals surface area contributed by atoms with Gasteiger partial charge >= 0.3 is 0 Å². The average molecular weight is 323 g/mol. The van der Waals surface area contributed by atoms with Crippen LogP contribution in [-0.2, 0) is 4.84 Å². The first-order valence-corrected chi connectivity index (χ1v) is 7.24. The van der Waals surface area contributed by atoms with Gasteiger partial charge in [0.1, 0.15) is 6.10 Å². The lowest BCUT2D eigenvalue weighted by molar-refractivity contribution is 0.0723. The van der Waals surface area contributed by atoms with Crippen molar-refractivity contribution < 1.29 is 4.84 Å². The molecule has 2 rings (SSSR count). The molecule has 21 heavy (non-hydrogen) atoms. The Kier molecular flexibility index (Phi) is 5.10. The third-order valence-electron chi connectivity index (χ3n) is 3.09. The van der Waals surface area contributed by atoms with Crippen LogP contribution in [0.25, 0.3) is 0 Å². The maximum absolute atomic E-state index is 5.97. The van der Waals surface area contributed by atoms with E-state index in [2.05, 4.69) is 5.16 Å². The molecule has 0 saturated carbocycles. The highest BCUT2D eigenvalue weighted by Gasteiger charge is 2.08. The second kappa shape index (κ2) is 6.83. The molecule has 0 bridgehead atoms. The molecule has 5 heteroatoms. The Hall–Kier alpha value is -1.71. The Morgan fingerprint density at radius 3 is 2.38 bits per heavy atom. The molecule has 0 amide bonds. The van der Waals surface area contributed by atoms with Crippen LogP contribution in [0.3, 0.4) is 0 Å². The van der Waals surface area contributed by atoms with E-state index < -0.39 is 0 Å². The maximum atomic E-state index is 5.97. The highest BCUT2D eigenvalue weighted by Crippen LogP contribution is 2.22. The van der Waals surface area contributed by atoms with Crippen molar-refractivity contribution in [1.29, 1.82) is 0 Å². The topological polar surface area (TPSA) is 47.6 Å². The fraction of sp³-hybridized carbons (Fsp3) is 0.188. The lowest BCUT2D eigenvalue weighted by Crippen LogP contribution is -2.03. The maximum Gasteiger partial charge on any atom is 0.149 e. The van der Waals surface area contributed by atoms with Gasteiger partial charge in [0, 0.05) is 21.3 Å². The zero-order valence-corrected chi connectivity index (χ0v) is 13.3. The van der Waals surface area contributed by atoms with Crippen LogP contribution < -0.4 is 5.73 Å². The molecule has 0 heterocycles.